The van der Waals surface area contributed by atoms with Crippen molar-refractivity contribution in [3.05, 3.63) is 47.3 Å². The van der Waals surface area contributed by atoms with E-state index in [0.29, 0.717) is 19.6 Å². The first-order valence-electron chi connectivity index (χ1n) is 6.98. The van der Waals surface area contributed by atoms with Crippen molar-refractivity contribution in [3.8, 4) is 5.75 Å². The number of carbonyl (C=O) groups is 1. The van der Waals surface area contributed by atoms with E-state index in [2.05, 4.69) is 10.2 Å². The molecule has 0 bridgehead atoms. The van der Waals surface area contributed by atoms with Gasteiger partial charge in [0.05, 0.1) is 19.2 Å². The molecule has 112 valence electrons. The third kappa shape index (κ3) is 4.08. The zero-order valence-corrected chi connectivity index (χ0v) is 12.7. The van der Waals surface area contributed by atoms with Crippen LogP contribution in [0, 0.1) is 13.8 Å². The van der Waals surface area contributed by atoms with E-state index in [1.165, 1.54) is 5.56 Å². The number of nitrogens with zero attached hydrogens (tertiary/aromatic N) is 2. The second-order valence-electron chi connectivity index (χ2n) is 5.15. The van der Waals surface area contributed by atoms with E-state index >= 15 is 0 Å². The second-order valence-corrected chi connectivity index (χ2v) is 5.15. The molecule has 1 heterocycles. The quantitative estimate of drug-likeness (QED) is 0.888. The Morgan fingerprint density at radius 1 is 1.38 bits per heavy atom. The maximum absolute atomic E-state index is 12.0. The number of aryl methyl sites for hydroxylation is 1. The second kappa shape index (κ2) is 6.92. The molecule has 2 aromatic rings. The van der Waals surface area contributed by atoms with E-state index < -0.39 is 0 Å². The van der Waals surface area contributed by atoms with Crippen molar-refractivity contribution in [1.29, 1.82) is 0 Å². The molecule has 0 aliphatic heterocycles. The Hall–Kier alpha value is -2.30. The van der Waals surface area contributed by atoms with Crippen molar-refractivity contribution < 1.29 is 9.53 Å². The highest BCUT2D eigenvalue weighted by Crippen LogP contribution is 2.20. The van der Waals surface area contributed by atoms with Crippen LogP contribution in [0.25, 0.3) is 0 Å². The summed E-state index contributed by atoms with van der Waals surface area (Å²) in [6.45, 7) is 5.02. The van der Waals surface area contributed by atoms with Crippen LogP contribution in [0.4, 0.5) is 0 Å². The molecule has 0 atom stereocenters. The van der Waals surface area contributed by atoms with Gasteiger partial charge >= 0.3 is 0 Å². The predicted octanol–water partition coefficient (Wildman–Crippen LogP) is 2.45. The van der Waals surface area contributed by atoms with Crippen LogP contribution in [0.5, 0.6) is 5.75 Å². The molecule has 0 unspecified atom stereocenters. The molecule has 0 aliphatic rings. The van der Waals surface area contributed by atoms with Gasteiger partial charge in [-0.05, 0) is 31.0 Å². The maximum Gasteiger partial charge on any atom is 0.226 e. The number of ether oxygens (including phenoxy) is 1. The van der Waals surface area contributed by atoms with Crippen molar-refractivity contribution in [2.75, 3.05) is 13.7 Å². The first kappa shape index (κ1) is 15.1. The van der Waals surface area contributed by atoms with Gasteiger partial charge in [0.15, 0.2) is 0 Å². The fraction of sp³-hybridized carbons (Fsp3) is 0.375. The Morgan fingerprint density at radius 3 is 2.90 bits per heavy atom. The number of aromatic amines is 1. The van der Waals surface area contributed by atoms with E-state index in [1.807, 2.05) is 32.0 Å². The van der Waals surface area contributed by atoms with Crippen LogP contribution in [0.2, 0.25) is 0 Å². The Labute approximate surface area is 124 Å². The average molecular weight is 287 g/mol. The summed E-state index contributed by atoms with van der Waals surface area (Å²) in [5, 5.41) is 6.60. The predicted molar refractivity (Wildman–Crippen MR) is 81.1 cm³/mol. The highest BCUT2D eigenvalue weighted by atomic mass is 16.5. The Bertz CT molecular complexity index is 594. The molecule has 1 aromatic carbocycles. The summed E-state index contributed by atoms with van der Waals surface area (Å²) in [5.41, 5.74) is 3.30. The molecule has 5 heteroatoms. The normalized spacial score (nSPS) is 10.4. The Morgan fingerprint density at radius 2 is 2.19 bits per heavy atom. The molecule has 5 nitrogen and oxygen atoms in total. The number of aromatic nitrogens is 2. The summed E-state index contributed by atoms with van der Waals surface area (Å²) < 4.78 is 5.71. The zero-order chi connectivity index (χ0) is 15.2. The molecule has 0 saturated carbocycles. The number of amides is 1. The lowest BCUT2D eigenvalue weighted by Gasteiger charge is -2.17. The van der Waals surface area contributed by atoms with E-state index in [0.717, 1.165) is 16.9 Å². The van der Waals surface area contributed by atoms with Gasteiger partial charge in [-0.15, -0.1) is 0 Å². The minimum atomic E-state index is 0.0570. The molecule has 2 rings (SSSR count). The lowest BCUT2D eigenvalue weighted by atomic mass is 10.1. The highest BCUT2D eigenvalue weighted by molar-refractivity contribution is 5.76. The molecule has 0 spiro atoms. The molecular formula is C16H21N3O2. The molecule has 0 aliphatic carbocycles. The highest BCUT2D eigenvalue weighted by Gasteiger charge is 2.10. The summed E-state index contributed by atoms with van der Waals surface area (Å²) >= 11 is 0. The monoisotopic (exact) mass is 287 g/mol. The van der Waals surface area contributed by atoms with Crippen LogP contribution < -0.4 is 4.74 Å². The standard InChI is InChI=1S/C16H21N3O2/c1-12-5-4-6-15(13(12)2)21-8-7-16(20)19(3)11-14-9-17-18-10-14/h4-6,9-10H,7-8,11H2,1-3H3,(H,17,18). The molecule has 0 radical (unpaired) electrons. The number of nitrogens with one attached hydrogen (secondary N) is 1. The number of rotatable bonds is 6. The topological polar surface area (TPSA) is 58.2 Å². The third-order valence-electron chi connectivity index (χ3n) is 3.53. The molecular weight excluding hydrogens is 266 g/mol. The van der Waals surface area contributed by atoms with Crippen molar-refractivity contribution in [3.63, 3.8) is 0 Å². The lowest BCUT2D eigenvalue weighted by molar-refractivity contribution is -0.130. The van der Waals surface area contributed by atoms with Gasteiger partial charge < -0.3 is 9.64 Å². The molecule has 1 N–H and O–H groups in total. The van der Waals surface area contributed by atoms with E-state index in [-0.39, 0.29) is 5.91 Å². The first-order valence-corrected chi connectivity index (χ1v) is 6.98. The van der Waals surface area contributed by atoms with Gasteiger partial charge in [-0.25, -0.2) is 0 Å². The van der Waals surface area contributed by atoms with Crippen LogP contribution in [0.1, 0.15) is 23.1 Å². The van der Waals surface area contributed by atoms with E-state index in [9.17, 15) is 4.79 Å². The molecule has 1 aromatic heterocycles. The molecule has 0 saturated heterocycles. The fourth-order valence-corrected chi connectivity index (χ4v) is 2.05. The summed E-state index contributed by atoms with van der Waals surface area (Å²) in [7, 11) is 1.78. The molecule has 21 heavy (non-hydrogen) atoms. The van der Waals surface area contributed by atoms with Gasteiger partial charge in [-0.3, -0.25) is 9.89 Å². The Balaban J connectivity index is 1.80. The van der Waals surface area contributed by atoms with Crippen molar-refractivity contribution in [2.45, 2.75) is 26.8 Å². The number of hydrogen-bond acceptors (Lipinski definition) is 3. The van der Waals surface area contributed by atoms with Crippen LogP contribution in [-0.4, -0.2) is 34.7 Å². The SMILES string of the molecule is Cc1cccc(OCCC(=O)N(C)Cc2cn[nH]c2)c1C. The zero-order valence-electron chi connectivity index (χ0n) is 12.7. The van der Waals surface area contributed by atoms with Gasteiger partial charge in [0.25, 0.3) is 0 Å². The summed E-state index contributed by atoms with van der Waals surface area (Å²) in [4.78, 5) is 13.7. The van der Waals surface area contributed by atoms with Crippen LogP contribution in [-0.2, 0) is 11.3 Å². The van der Waals surface area contributed by atoms with E-state index in [4.69, 9.17) is 4.74 Å². The largest absolute Gasteiger partial charge is 0.493 e. The first-order chi connectivity index (χ1) is 10.1. The van der Waals surface area contributed by atoms with Crippen LogP contribution in [0.3, 0.4) is 0 Å². The summed E-state index contributed by atoms with van der Waals surface area (Å²) in [5.74, 6) is 0.904. The van der Waals surface area contributed by atoms with Crippen molar-refractivity contribution >= 4 is 5.91 Å². The Kier molecular flexibility index (Phi) is 4.98. The molecule has 0 fully saturated rings. The van der Waals surface area contributed by atoms with Crippen LogP contribution >= 0.6 is 0 Å². The smallest absolute Gasteiger partial charge is 0.226 e. The van der Waals surface area contributed by atoms with Gasteiger partial charge in [0, 0.05) is 25.4 Å². The third-order valence-corrected chi connectivity index (χ3v) is 3.53. The number of carbonyl (C=O) groups excluding carboxylic acids is 1. The number of benzene rings is 1. The lowest BCUT2D eigenvalue weighted by Crippen LogP contribution is -2.27. The minimum Gasteiger partial charge on any atom is -0.493 e. The fourth-order valence-electron chi connectivity index (χ4n) is 2.05. The van der Waals surface area contributed by atoms with Crippen LogP contribution in [0.15, 0.2) is 30.6 Å². The van der Waals surface area contributed by atoms with Crippen molar-refractivity contribution in [1.82, 2.24) is 15.1 Å². The van der Waals surface area contributed by atoms with Crippen molar-refractivity contribution in [2.24, 2.45) is 0 Å². The maximum atomic E-state index is 12.0. The minimum absolute atomic E-state index is 0.0570. The van der Waals surface area contributed by atoms with Gasteiger partial charge in [-0.2, -0.15) is 5.10 Å². The van der Waals surface area contributed by atoms with Gasteiger partial charge in [0.2, 0.25) is 5.91 Å². The number of H-pyrrole nitrogens is 1. The average Bonchev–Trinajstić information content (AvgIpc) is 2.96. The van der Waals surface area contributed by atoms with E-state index in [1.54, 1.807) is 24.3 Å². The molecule has 1 amide bonds. The van der Waals surface area contributed by atoms with Gasteiger partial charge in [0.1, 0.15) is 5.75 Å². The summed E-state index contributed by atoms with van der Waals surface area (Å²) in [6.07, 6.45) is 3.87. The summed E-state index contributed by atoms with van der Waals surface area (Å²) in [6, 6.07) is 5.94. The van der Waals surface area contributed by atoms with Gasteiger partial charge in [-0.1, -0.05) is 12.1 Å². The number of hydrogen-bond donors (Lipinski definition) is 1.